The van der Waals surface area contributed by atoms with Gasteiger partial charge in [-0.1, -0.05) is 25.0 Å². The van der Waals surface area contributed by atoms with Crippen molar-refractivity contribution in [3.8, 4) is 17.2 Å². The van der Waals surface area contributed by atoms with E-state index < -0.39 is 23.1 Å². The Hall–Kier alpha value is -3.00. The minimum absolute atomic E-state index is 0.0640. The molecule has 5 nitrogen and oxygen atoms in total. The fourth-order valence-electron chi connectivity index (χ4n) is 4.16. The third kappa shape index (κ3) is 4.85. The molecule has 0 atom stereocenters. The van der Waals surface area contributed by atoms with E-state index in [0.29, 0.717) is 5.56 Å². The summed E-state index contributed by atoms with van der Waals surface area (Å²) in [5.41, 5.74) is 0.349. The second-order valence-corrected chi connectivity index (χ2v) is 8.59. The Morgan fingerprint density at radius 2 is 1.76 bits per heavy atom. The van der Waals surface area contributed by atoms with E-state index in [1.54, 1.807) is 32.0 Å². The maximum Gasteiger partial charge on any atom is 0.453 e. The minimum atomic E-state index is -4.97. The number of hydrogen-bond donors (Lipinski definition) is 1. The average Bonchev–Trinajstić information content (AvgIpc) is 3.02. The topological polar surface area (TPSA) is 62.9 Å². The molecule has 2 heterocycles. The summed E-state index contributed by atoms with van der Waals surface area (Å²) in [6, 6.07) is 7.67. The van der Waals surface area contributed by atoms with E-state index in [1.165, 1.54) is 12.1 Å². The van der Waals surface area contributed by atoms with Crippen LogP contribution in [0.5, 0.6) is 17.2 Å². The van der Waals surface area contributed by atoms with Gasteiger partial charge in [-0.2, -0.15) is 13.2 Å². The Morgan fingerprint density at radius 1 is 1.06 bits per heavy atom. The van der Waals surface area contributed by atoms with Crippen molar-refractivity contribution in [1.82, 2.24) is 4.90 Å². The lowest BCUT2D eigenvalue weighted by Crippen LogP contribution is -2.24. The molecule has 3 aromatic rings. The summed E-state index contributed by atoms with van der Waals surface area (Å²) in [5.74, 6) is -2.47. The first-order valence-electron chi connectivity index (χ1n) is 11.0. The van der Waals surface area contributed by atoms with Gasteiger partial charge in [0.25, 0.3) is 5.76 Å². The van der Waals surface area contributed by atoms with Crippen LogP contribution in [-0.2, 0) is 12.7 Å². The number of aromatic hydroxyl groups is 1. The van der Waals surface area contributed by atoms with Crippen LogP contribution in [0.4, 0.5) is 13.2 Å². The lowest BCUT2D eigenvalue weighted by Gasteiger charge is -2.21. The summed E-state index contributed by atoms with van der Waals surface area (Å²) in [5, 5.41) is 10.4. The van der Waals surface area contributed by atoms with Gasteiger partial charge in [0.1, 0.15) is 17.1 Å². The fourth-order valence-corrected chi connectivity index (χ4v) is 4.16. The molecule has 1 N–H and O–H groups in total. The monoisotopic (exact) mass is 461 g/mol. The van der Waals surface area contributed by atoms with E-state index in [4.69, 9.17) is 9.15 Å². The second-order valence-electron chi connectivity index (χ2n) is 8.59. The highest BCUT2D eigenvalue weighted by atomic mass is 19.4. The van der Waals surface area contributed by atoms with Gasteiger partial charge >= 0.3 is 6.18 Å². The zero-order valence-electron chi connectivity index (χ0n) is 18.6. The number of aryl methyl sites for hydroxylation is 2. The van der Waals surface area contributed by atoms with Crippen molar-refractivity contribution in [1.29, 1.82) is 0 Å². The Kier molecular flexibility index (Phi) is 6.38. The van der Waals surface area contributed by atoms with Gasteiger partial charge in [0.15, 0.2) is 0 Å². The molecular formula is C25H26F3NO4. The van der Waals surface area contributed by atoms with Gasteiger partial charge in [-0.15, -0.1) is 0 Å². The van der Waals surface area contributed by atoms with Crippen molar-refractivity contribution in [3.05, 3.63) is 63.0 Å². The van der Waals surface area contributed by atoms with E-state index in [-0.39, 0.29) is 34.6 Å². The molecule has 2 aromatic carbocycles. The first kappa shape index (κ1) is 23.2. The smallest absolute Gasteiger partial charge is 0.453 e. The van der Waals surface area contributed by atoms with Gasteiger partial charge in [-0.3, -0.25) is 9.69 Å². The summed E-state index contributed by atoms with van der Waals surface area (Å²) in [7, 11) is 0. The first-order chi connectivity index (χ1) is 15.6. The number of phenols is 1. The summed E-state index contributed by atoms with van der Waals surface area (Å²) in [6.07, 6.45) is -0.852. The zero-order valence-corrected chi connectivity index (χ0v) is 18.6. The molecule has 1 saturated heterocycles. The molecule has 8 heteroatoms. The van der Waals surface area contributed by atoms with Crippen molar-refractivity contribution in [3.63, 3.8) is 0 Å². The number of nitrogens with zero attached hydrogens (tertiary/aromatic N) is 1. The van der Waals surface area contributed by atoms with Crippen LogP contribution < -0.4 is 10.2 Å². The Labute approximate surface area is 189 Å². The summed E-state index contributed by atoms with van der Waals surface area (Å²) in [4.78, 5) is 15.3. The van der Waals surface area contributed by atoms with Crippen LogP contribution in [-0.4, -0.2) is 23.1 Å². The molecule has 4 rings (SSSR count). The number of likely N-dealkylation sites (tertiary alicyclic amines) is 1. The highest BCUT2D eigenvalue weighted by Gasteiger charge is 2.41. The number of ether oxygens (including phenoxy) is 1. The van der Waals surface area contributed by atoms with E-state index in [1.807, 2.05) is 0 Å². The number of alkyl halides is 3. The van der Waals surface area contributed by atoms with Crippen LogP contribution in [0.2, 0.25) is 0 Å². The van der Waals surface area contributed by atoms with Crippen LogP contribution >= 0.6 is 0 Å². The van der Waals surface area contributed by atoms with Gasteiger partial charge < -0.3 is 14.3 Å². The molecule has 0 radical (unpaired) electrons. The zero-order chi connectivity index (χ0) is 23.8. The van der Waals surface area contributed by atoms with Gasteiger partial charge in [0.2, 0.25) is 11.2 Å². The molecule has 0 spiro atoms. The number of hydrogen-bond acceptors (Lipinski definition) is 5. The quantitative estimate of drug-likeness (QED) is 0.494. The number of phenolic OH excluding ortho intramolecular Hbond substituents is 1. The highest BCUT2D eigenvalue weighted by Crippen LogP contribution is 2.40. The van der Waals surface area contributed by atoms with Crippen molar-refractivity contribution >= 4 is 11.0 Å². The van der Waals surface area contributed by atoms with Crippen molar-refractivity contribution < 1.29 is 27.4 Å². The van der Waals surface area contributed by atoms with Crippen LogP contribution in [0, 0.1) is 13.8 Å². The molecule has 1 aliphatic heterocycles. The standard InChI is InChI=1S/C25H26F3NO4/c1-15-7-8-16(2)20(13-15)32-23-21(31)17-9-10-19(30)18(14-29-11-5-3-4-6-12-29)22(17)33-24(23)25(26,27)28/h7-10,13,30H,3-6,11-12,14H2,1-2H3. The molecule has 176 valence electrons. The maximum atomic E-state index is 14.0. The van der Waals surface area contributed by atoms with Crippen LogP contribution in [0.3, 0.4) is 0 Å². The molecule has 0 saturated carbocycles. The summed E-state index contributed by atoms with van der Waals surface area (Å²) >= 11 is 0. The number of rotatable bonds is 4. The Balaban J connectivity index is 1.88. The maximum absolute atomic E-state index is 14.0. The van der Waals surface area contributed by atoms with E-state index in [2.05, 4.69) is 4.90 Å². The molecule has 1 aromatic heterocycles. The SMILES string of the molecule is Cc1ccc(C)c(Oc2c(C(F)(F)F)oc3c(CN4CCCCCC4)c(O)ccc3c2=O)c1. The Bertz CT molecular complexity index is 1230. The number of benzene rings is 2. The molecule has 0 amide bonds. The van der Waals surface area contributed by atoms with E-state index in [9.17, 15) is 23.1 Å². The molecular weight excluding hydrogens is 435 g/mol. The van der Waals surface area contributed by atoms with Crippen molar-refractivity contribution in [2.45, 2.75) is 52.3 Å². The average molecular weight is 461 g/mol. The molecule has 0 aliphatic carbocycles. The normalized spacial score (nSPS) is 15.5. The Morgan fingerprint density at radius 3 is 2.42 bits per heavy atom. The summed E-state index contributed by atoms with van der Waals surface area (Å²) < 4.78 is 52.8. The highest BCUT2D eigenvalue weighted by molar-refractivity contribution is 5.83. The van der Waals surface area contributed by atoms with Gasteiger partial charge in [-0.05, 0) is 69.1 Å². The minimum Gasteiger partial charge on any atom is -0.507 e. The van der Waals surface area contributed by atoms with Gasteiger partial charge in [0.05, 0.1) is 10.9 Å². The lowest BCUT2D eigenvalue weighted by molar-refractivity contribution is -0.154. The molecule has 0 unspecified atom stereocenters. The van der Waals surface area contributed by atoms with Crippen LogP contribution in [0.25, 0.3) is 11.0 Å². The molecule has 33 heavy (non-hydrogen) atoms. The number of fused-ring (bicyclic) bond motifs is 1. The molecule has 0 bridgehead atoms. The van der Waals surface area contributed by atoms with E-state index >= 15 is 0 Å². The predicted octanol–water partition coefficient (Wildman–Crippen LogP) is 6.30. The fraction of sp³-hybridized carbons (Fsp3) is 0.400. The van der Waals surface area contributed by atoms with Gasteiger partial charge in [-0.25, -0.2) is 0 Å². The van der Waals surface area contributed by atoms with E-state index in [0.717, 1.165) is 44.3 Å². The predicted molar refractivity (Wildman–Crippen MR) is 119 cm³/mol. The molecule has 1 aliphatic rings. The van der Waals surface area contributed by atoms with Crippen molar-refractivity contribution in [2.75, 3.05) is 13.1 Å². The van der Waals surface area contributed by atoms with Gasteiger partial charge in [0, 0.05) is 6.54 Å². The van der Waals surface area contributed by atoms with Crippen LogP contribution in [0.15, 0.2) is 39.5 Å². The third-order valence-electron chi connectivity index (χ3n) is 5.99. The molecule has 1 fully saturated rings. The van der Waals surface area contributed by atoms with Crippen molar-refractivity contribution in [2.24, 2.45) is 0 Å². The third-order valence-corrected chi connectivity index (χ3v) is 5.99. The largest absolute Gasteiger partial charge is 0.507 e. The van der Waals surface area contributed by atoms with Crippen LogP contribution in [0.1, 0.15) is 48.1 Å². The number of halogens is 3. The first-order valence-corrected chi connectivity index (χ1v) is 11.0. The summed E-state index contributed by atoms with van der Waals surface area (Å²) in [6.45, 7) is 5.18. The lowest BCUT2D eigenvalue weighted by atomic mass is 10.1. The second kappa shape index (κ2) is 9.09.